The van der Waals surface area contributed by atoms with E-state index in [2.05, 4.69) is 20.3 Å². The van der Waals surface area contributed by atoms with Crippen molar-refractivity contribution in [3.8, 4) is 27.9 Å². The molecule has 0 radical (unpaired) electrons. The average molecular weight is 493 g/mol. The van der Waals surface area contributed by atoms with E-state index in [9.17, 15) is 4.79 Å². The highest BCUT2D eigenvalue weighted by Gasteiger charge is 2.22. The maximum absolute atomic E-state index is 13.2. The number of nitrogens with zero attached hydrogens (tertiary/aromatic N) is 5. The molecular formula is C23H17ClN6O3S. The first-order valence-electron chi connectivity index (χ1n) is 10.0. The van der Waals surface area contributed by atoms with Crippen LogP contribution >= 0.6 is 22.9 Å². The average Bonchev–Trinajstić information content (AvgIpc) is 3.48. The van der Waals surface area contributed by atoms with Gasteiger partial charge in [0.1, 0.15) is 23.3 Å². The van der Waals surface area contributed by atoms with Gasteiger partial charge in [0.25, 0.3) is 5.91 Å². The summed E-state index contributed by atoms with van der Waals surface area (Å²) >= 11 is 7.44. The van der Waals surface area contributed by atoms with Gasteiger partial charge in [-0.2, -0.15) is 0 Å². The minimum Gasteiger partial charge on any atom is -0.493 e. The third-order valence-electron chi connectivity index (χ3n) is 5.00. The van der Waals surface area contributed by atoms with Crippen molar-refractivity contribution in [2.24, 2.45) is 0 Å². The van der Waals surface area contributed by atoms with Gasteiger partial charge in [0.15, 0.2) is 16.6 Å². The van der Waals surface area contributed by atoms with Crippen LogP contribution in [0.2, 0.25) is 5.02 Å². The Morgan fingerprint density at radius 2 is 1.91 bits per heavy atom. The van der Waals surface area contributed by atoms with Gasteiger partial charge in [0.2, 0.25) is 0 Å². The van der Waals surface area contributed by atoms with Crippen LogP contribution in [0, 0.1) is 0 Å². The lowest BCUT2D eigenvalue weighted by atomic mass is 10.1. The number of hydrogen-bond donors (Lipinski definition) is 1. The molecular weight excluding hydrogens is 476 g/mol. The molecule has 11 heteroatoms. The van der Waals surface area contributed by atoms with Gasteiger partial charge < -0.3 is 14.8 Å². The third-order valence-corrected chi connectivity index (χ3v) is 6.29. The number of aromatic nitrogens is 5. The molecule has 170 valence electrons. The number of anilines is 1. The molecule has 1 amide bonds. The minimum absolute atomic E-state index is 0.346. The summed E-state index contributed by atoms with van der Waals surface area (Å²) < 4.78 is 12.6. The first kappa shape index (κ1) is 21.8. The Morgan fingerprint density at radius 3 is 2.65 bits per heavy atom. The third kappa shape index (κ3) is 4.04. The van der Waals surface area contributed by atoms with Gasteiger partial charge in [-0.15, -0.1) is 0 Å². The van der Waals surface area contributed by atoms with Gasteiger partial charge in [0, 0.05) is 28.9 Å². The summed E-state index contributed by atoms with van der Waals surface area (Å²) in [6, 6.07) is 12.4. The molecule has 0 spiro atoms. The van der Waals surface area contributed by atoms with Crippen molar-refractivity contribution in [2.45, 2.75) is 0 Å². The lowest BCUT2D eigenvalue weighted by molar-refractivity contribution is 0.103. The first-order chi connectivity index (χ1) is 16.6. The Kier molecular flexibility index (Phi) is 5.83. The predicted octanol–water partition coefficient (Wildman–Crippen LogP) is 4.86. The quantitative estimate of drug-likeness (QED) is 0.361. The van der Waals surface area contributed by atoms with Crippen LogP contribution in [0.3, 0.4) is 0 Å². The molecule has 0 saturated carbocycles. The predicted molar refractivity (Wildman–Crippen MR) is 130 cm³/mol. The van der Waals surface area contributed by atoms with Crippen LogP contribution in [0.15, 0.2) is 61.3 Å². The zero-order valence-corrected chi connectivity index (χ0v) is 19.6. The topological polar surface area (TPSA) is 104 Å². The molecule has 0 saturated heterocycles. The molecule has 0 bridgehead atoms. The van der Waals surface area contributed by atoms with Crippen LogP contribution < -0.4 is 14.8 Å². The zero-order valence-electron chi connectivity index (χ0n) is 18.0. The molecule has 2 aromatic carbocycles. The summed E-state index contributed by atoms with van der Waals surface area (Å²) in [5.41, 5.74) is 2.67. The number of benzene rings is 2. The summed E-state index contributed by atoms with van der Waals surface area (Å²) in [6.45, 7) is 0. The van der Waals surface area contributed by atoms with Crippen LogP contribution in [0.25, 0.3) is 27.4 Å². The fourth-order valence-corrected chi connectivity index (χ4v) is 4.58. The van der Waals surface area contributed by atoms with E-state index in [1.165, 1.54) is 17.7 Å². The number of methoxy groups -OCH3 is 2. The largest absolute Gasteiger partial charge is 0.493 e. The molecule has 1 N–H and O–H groups in total. The van der Waals surface area contributed by atoms with E-state index in [-0.39, 0.29) is 5.91 Å². The Balaban J connectivity index is 1.64. The normalized spacial score (nSPS) is 10.9. The van der Waals surface area contributed by atoms with Crippen molar-refractivity contribution in [1.82, 2.24) is 24.5 Å². The fourth-order valence-electron chi connectivity index (χ4n) is 3.42. The van der Waals surface area contributed by atoms with E-state index in [0.717, 1.165) is 5.52 Å². The molecule has 34 heavy (non-hydrogen) atoms. The lowest BCUT2D eigenvalue weighted by Gasteiger charge is -2.07. The molecule has 0 unspecified atom stereocenters. The van der Waals surface area contributed by atoms with Crippen LogP contribution in [0.1, 0.15) is 9.67 Å². The molecule has 0 aliphatic rings. The van der Waals surface area contributed by atoms with Crippen molar-refractivity contribution in [2.75, 3.05) is 19.5 Å². The summed E-state index contributed by atoms with van der Waals surface area (Å²) in [6.07, 6.45) is 4.57. The first-order valence-corrected chi connectivity index (χ1v) is 11.2. The van der Waals surface area contributed by atoms with Crippen molar-refractivity contribution < 1.29 is 14.3 Å². The number of imidazole rings is 1. The Morgan fingerprint density at radius 1 is 1.09 bits per heavy atom. The summed E-state index contributed by atoms with van der Waals surface area (Å²) in [7, 11) is 3.14. The molecule has 0 fully saturated rings. The summed E-state index contributed by atoms with van der Waals surface area (Å²) in [4.78, 5) is 30.8. The number of carbonyl (C=O) groups is 1. The number of halogens is 1. The van der Waals surface area contributed by atoms with Gasteiger partial charge in [0.05, 0.1) is 30.9 Å². The SMILES string of the molecule is COc1cc2ncn(-c3nc(-c4cccc(Cl)c4)c(C(=O)Nc4ccncn4)s3)c2cc1OC. The standard InChI is InChI=1S/C23H17ClN6O3S/c1-32-17-9-15-16(10-18(17)33-2)30(12-27-15)23-29-20(13-4-3-5-14(24)8-13)21(34-23)22(31)28-19-6-7-25-11-26-19/h3-12H,1-2H3,(H,25,26,28,31). The molecule has 0 aliphatic heterocycles. The van der Waals surface area contributed by atoms with Gasteiger partial charge in [-0.05, 0) is 18.2 Å². The number of ether oxygens (including phenoxy) is 2. The van der Waals surface area contributed by atoms with Crippen LogP contribution in [-0.4, -0.2) is 44.6 Å². The number of nitrogens with one attached hydrogen (secondary N) is 1. The zero-order chi connectivity index (χ0) is 23.7. The second-order valence-electron chi connectivity index (χ2n) is 7.04. The maximum Gasteiger partial charge on any atom is 0.269 e. The highest BCUT2D eigenvalue weighted by atomic mass is 35.5. The molecule has 5 rings (SSSR count). The number of rotatable bonds is 6. The van der Waals surface area contributed by atoms with Crippen LogP contribution in [0.5, 0.6) is 11.5 Å². The van der Waals surface area contributed by atoms with Gasteiger partial charge >= 0.3 is 0 Å². The van der Waals surface area contributed by atoms with Crippen molar-refractivity contribution in [3.63, 3.8) is 0 Å². The highest BCUT2D eigenvalue weighted by molar-refractivity contribution is 7.16. The molecule has 9 nitrogen and oxygen atoms in total. The number of carbonyl (C=O) groups excluding carboxylic acids is 1. The van der Waals surface area contributed by atoms with Crippen LogP contribution in [-0.2, 0) is 0 Å². The monoisotopic (exact) mass is 492 g/mol. The van der Waals surface area contributed by atoms with E-state index in [4.69, 9.17) is 26.1 Å². The Bertz CT molecular complexity index is 1500. The molecule has 0 aliphatic carbocycles. The summed E-state index contributed by atoms with van der Waals surface area (Å²) in [5, 5.41) is 3.89. The summed E-state index contributed by atoms with van der Waals surface area (Å²) in [5.74, 6) is 1.17. The van der Waals surface area contributed by atoms with E-state index < -0.39 is 0 Å². The molecule has 3 aromatic heterocycles. The fraction of sp³-hybridized carbons (Fsp3) is 0.0870. The van der Waals surface area contributed by atoms with Gasteiger partial charge in [-0.3, -0.25) is 9.36 Å². The maximum atomic E-state index is 13.2. The van der Waals surface area contributed by atoms with E-state index >= 15 is 0 Å². The van der Waals surface area contributed by atoms with Gasteiger partial charge in [-0.25, -0.2) is 19.9 Å². The van der Waals surface area contributed by atoms with Crippen LogP contribution in [0.4, 0.5) is 5.82 Å². The van der Waals surface area contributed by atoms with E-state index in [1.807, 2.05) is 18.2 Å². The molecule has 3 heterocycles. The second-order valence-corrected chi connectivity index (χ2v) is 8.46. The smallest absolute Gasteiger partial charge is 0.269 e. The molecule has 5 aromatic rings. The number of fused-ring (bicyclic) bond motifs is 1. The van der Waals surface area contributed by atoms with Gasteiger partial charge in [-0.1, -0.05) is 35.1 Å². The van der Waals surface area contributed by atoms with E-state index in [0.29, 0.717) is 49.1 Å². The lowest BCUT2D eigenvalue weighted by Crippen LogP contribution is -2.12. The Labute approximate surface area is 203 Å². The van der Waals surface area contributed by atoms with Crippen molar-refractivity contribution in [3.05, 3.63) is 71.2 Å². The second kappa shape index (κ2) is 9.08. The van der Waals surface area contributed by atoms with Crippen molar-refractivity contribution in [1.29, 1.82) is 0 Å². The van der Waals surface area contributed by atoms with E-state index in [1.54, 1.807) is 55.6 Å². The minimum atomic E-state index is -0.346. The highest BCUT2D eigenvalue weighted by Crippen LogP contribution is 2.36. The molecule has 0 atom stereocenters. The number of hydrogen-bond acceptors (Lipinski definition) is 8. The number of thiazole rings is 1. The Hall–Kier alpha value is -4.02. The van der Waals surface area contributed by atoms with Crippen molar-refractivity contribution >= 4 is 45.7 Å². The number of amides is 1.